The van der Waals surface area contributed by atoms with E-state index in [1.54, 1.807) is 0 Å². The Morgan fingerprint density at radius 3 is 2.64 bits per heavy atom. The molecule has 2 aliphatic carbocycles. The van der Waals surface area contributed by atoms with Crippen molar-refractivity contribution in [2.24, 2.45) is 23.7 Å². The highest BCUT2D eigenvalue weighted by Gasteiger charge is 2.58. The average Bonchev–Trinajstić information content (AvgIpc) is 2.64. The SMILES string of the molecule is CC1CC2[C@H]3CC1N(C)C[C@H]23. The smallest absolute Gasteiger partial charge is 0.0121 e. The summed E-state index contributed by atoms with van der Waals surface area (Å²) in [6.45, 7) is 3.85. The number of rotatable bonds is 0. The molecule has 1 heterocycles. The van der Waals surface area contributed by atoms with Gasteiger partial charge in [0.1, 0.15) is 0 Å². The van der Waals surface area contributed by atoms with Crippen LogP contribution in [0.2, 0.25) is 0 Å². The standard InChI is InChI=1S/C10H17N/c1-6-3-7-8-4-10(6)11(2)5-9(7)8/h6-10H,3-5H2,1-2H3/t6?,7?,8-,9-,10?/m1/s1. The minimum atomic E-state index is 0.940. The lowest BCUT2D eigenvalue weighted by Gasteiger charge is -2.36. The fourth-order valence-electron chi connectivity index (χ4n) is 3.67. The third kappa shape index (κ3) is 0.703. The monoisotopic (exact) mass is 151 g/mol. The maximum absolute atomic E-state index is 2.61. The predicted molar refractivity (Wildman–Crippen MR) is 45.3 cm³/mol. The van der Waals surface area contributed by atoms with Gasteiger partial charge in [0.05, 0.1) is 0 Å². The van der Waals surface area contributed by atoms with Crippen molar-refractivity contribution in [3.8, 4) is 0 Å². The molecule has 11 heavy (non-hydrogen) atoms. The molecule has 1 saturated heterocycles. The van der Waals surface area contributed by atoms with Gasteiger partial charge in [-0.3, -0.25) is 0 Å². The minimum Gasteiger partial charge on any atom is -0.303 e. The molecule has 0 aromatic carbocycles. The molecular formula is C10H17N. The molecule has 3 fully saturated rings. The van der Waals surface area contributed by atoms with E-state index in [-0.39, 0.29) is 0 Å². The van der Waals surface area contributed by atoms with E-state index in [1.807, 2.05) is 0 Å². The van der Waals surface area contributed by atoms with Crippen LogP contribution in [0.3, 0.4) is 0 Å². The lowest BCUT2D eigenvalue weighted by molar-refractivity contribution is 0.122. The van der Waals surface area contributed by atoms with Gasteiger partial charge in [0, 0.05) is 12.6 Å². The second-order valence-electron chi connectivity index (χ2n) is 4.95. The van der Waals surface area contributed by atoms with Crippen molar-refractivity contribution in [3.05, 3.63) is 0 Å². The van der Waals surface area contributed by atoms with E-state index in [9.17, 15) is 0 Å². The topological polar surface area (TPSA) is 3.24 Å². The molecule has 1 nitrogen and oxygen atoms in total. The van der Waals surface area contributed by atoms with Crippen molar-refractivity contribution >= 4 is 0 Å². The Balaban J connectivity index is 1.91. The van der Waals surface area contributed by atoms with Gasteiger partial charge in [-0.05, 0) is 43.6 Å². The van der Waals surface area contributed by atoms with Crippen molar-refractivity contribution in [3.63, 3.8) is 0 Å². The summed E-state index contributed by atoms with van der Waals surface area (Å²) >= 11 is 0. The number of likely N-dealkylation sites (tertiary alicyclic amines) is 1. The molecule has 2 bridgehead atoms. The predicted octanol–water partition coefficient (Wildman–Crippen LogP) is 1.59. The lowest BCUT2D eigenvalue weighted by Crippen LogP contribution is -2.41. The quantitative estimate of drug-likeness (QED) is 0.508. The molecule has 0 amide bonds. The molecular weight excluding hydrogens is 134 g/mol. The molecule has 5 atom stereocenters. The highest BCUT2D eigenvalue weighted by molar-refractivity contribution is 5.09. The van der Waals surface area contributed by atoms with Crippen LogP contribution in [-0.4, -0.2) is 24.5 Å². The zero-order chi connectivity index (χ0) is 7.59. The van der Waals surface area contributed by atoms with Gasteiger partial charge >= 0.3 is 0 Å². The van der Waals surface area contributed by atoms with Crippen LogP contribution < -0.4 is 0 Å². The van der Waals surface area contributed by atoms with Gasteiger partial charge in [-0.2, -0.15) is 0 Å². The van der Waals surface area contributed by atoms with E-state index < -0.39 is 0 Å². The highest BCUT2D eigenvalue weighted by atomic mass is 15.2. The summed E-state index contributed by atoms with van der Waals surface area (Å²) in [6.07, 6.45) is 3.05. The normalized spacial score (nSPS) is 61.1. The average molecular weight is 151 g/mol. The van der Waals surface area contributed by atoms with Crippen LogP contribution in [0.25, 0.3) is 0 Å². The molecule has 0 aromatic heterocycles. The van der Waals surface area contributed by atoms with Crippen LogP contribution in [0, 0.1) is 23.7 Å². The maximum atomic E-state index is 2.61. The van der Waals surface area contributed by atoms with Gasteiger partial charge in [0.25, 0.3) is 0 Å². The van der Waals surface area contributed by atoms with Crippen LogP contribution in [0.15, 0.2) is 0 Å². The summed E-state index contributed by atoms with van der Waals surface area (Å²) in [5.74, 6) is 4.40. The molecule has 3 aliphatic rings. The lowest BCUT2D eigenvalue weighted by atomic mass is 9.85. The summed E-state index contributed by atoms with van der Waals surface area (Å²) < 4.78 is 0. The second kappa shape index (κ2) is 1.82. The Hall–Kier alpha value is -0.0400. The first-order valence-corrected chi connectivity index (χ1v) is 4.97. The molecule has 0 N–H and O–H groups in total. The first kappa shape index (κ1) is 6.47. The molecule has 62 valence electrons. The van der Waals surface area contributed by atoms with E-state index in [2.05, 4.69) is 18.9 Å². The van der Waals surface area contributed by atoms with E-state index in [0.29, 0.717) is 0 Å². The Labute approximate surface area is 68.8 Å². The van der Waals surface area contributed by atoms with E-state index in [1.165, 1.54) is 19.4 Å². The van der Waals surface area contributed by atoms with E-state index in [0.717, 1.165) is 29.7 Å². The van der Waals surface area contributed by atoms with Gasteiger partial charge in [-0.1, -0.05) is 6.92 Å². The first-order chi connectivity index (χ1) is 5.27. The Morgan fingerprint density at radius 1 is 1.09 bits per heavy atom. The van der Waals surface area contributed by atoms with Crippen molar-refractivity contribution in [2.45, 2.75) is 25.8 Å². The molecule has 1 aliphatic heterocycles. The van der Waals surface area contributed by atoms with Crippen LogP contribution in [0.1, 0.15) is 19.8 Å². The van der Waals surface area contributed by atoms with Crippen molar-refractivity contribution < 1.29 is 0 Å². The van der Waals surface area contributed by atoms with Gasteiger partial charge in [-0.25, -0.2) is 0 Å². The summed E-state index contributed by atoms with van der Waals surface area (Å²) in [4.78, 5) is 2.61. The number of nitrogens with zero attached hydrogens (tertiary/aromatic N) is 1. The fraction of sp³-hybridized carbons (Fsp3) is 1.00. The summed E-state index contributed by atoms with van der Waals surface area (Å²) in [5, 5.41) is 0. The number of fused-ring (bicyclic) bond motifs is 2. The summed E-state index contributed by atoms with van der Waals surface area (Å²) in [5.41, 5.74) is 0. The molecule has 0 radical (unpaired) electrons. The zero-order valence-electron chi connectivity index (χ0n) is 7.46. The molecule has 2 saturated carbocycles. The zero-order valence-corrected chi connectivity index (χ0v) is 7.46. The third-order valence-electron chi connectivity index (χ3n) is 4.39. The Bertz CT molecular complexity index is 171. The van der Waals surface area contributed by atoms with Gasteiger partial charge in [0.2, 0.25) is 0 Å². The number of hydrogen-bond acceptors (Lipinski definition) is 1. The largest absolute Gasteiger partial charge is 0.303 e. The third-order valence-corrected chi connectivity index (χ3v) is 4.39. The van der Waals surface area contributed by atoms with Crippen LogP contribution in [0.4, 0.5) is 0 Å². The van der Waals surface area contributed by atoms with Crippen LogP contribution in [-0.2, 0) is 0 Å². The Morgan fingerprint density at radius 2 is 1.82 bits per heavy atom. The molecule has 3 unspecified atom stereocenters. The first-order valence-electron chi connectivity index (χ1n) is 4.97. The summed E-state index contributed by atoms with van der Waals surface area (Å²) in [6, 6.07) is 0.940. The maximum Gasteiger partial charge on any atom is 0.0121 e. The van der Waals surface area contributed by atoms with Crippen LogP contribution >= 0.6 is 0 Å². The number of hydrogen-bond donors (Lipinski definition) is 0. The van der Waals surface area contributed by atoms with E-state index in [4.69, 9.17) is 0 Å². The van der Waals surface area contributed by atoms with Crippen molar-refractivity contribution in [1.29, 1.82) is 0 Å². The minimum absolute atomic E-state index is 0.940. The van der Waals surface area contributed by atoms with Crippen molar-refractivity contribution in [1.82, 2.24) is 4.90 Å². The van der Waals surface area contributed by atoms with Gasteiger partial charge < -0.3 is 4.90 Å². The van der Waals surface area contributed by atoms with Gasteiger partial charge in [-0.15, -0.1) is 0 Å². The molecule has 1 heteroatoms. The van der Waals surface area contributed by atoms with Crippen LogP contribution in [0.5, 0.6) is 0 Å². The summed E-state index contributed by atoms with van der Waals surface area (Å²) in [7, 11) is 2.32. The molecule has 0 spiro atoms. The van der Waals surface area contributed by atoms with Gasteiger partial charge in [0.15, 0.2) is 0 Å². The molecule has 3 rings (SSSR count). The number of piperidine rings is 1. The Kier molecular flexibility index (Phi) is 1.07. The second-order valence-corrected chi connectivity index (χ2v) is 4.95. The van der Waals surface area contributed by atoms with Crippen molar-refractivity contribution in [2.75, 3.05) is 13.6 Å². The highest BCUT2D eigenvalue weighted by Crippen LogP contribution is 2.60. The molecule has 0 aromatic rings. The van der Waals surface area contributed by atoms with E-state index >= 15 is 0 Å². The fourth-order valence-corrected chi connectivity index (χ4v) is 3.67.